The fourth-order valence-corrected chi connectivity index (χ4v) is 1.82. The van der Waals surface area contributed by atoms with E-state index in [-0.39, 0.29) is 22.7 Å². The smallest absolute Gasteiger partial charge is 0.216 e. The third-order valence-corrected chi connectivity index (χ3v) is 2.57. The molecular weight excluding hydrogens is 266 g/mol. The Morgan fingerprint density at radius 2 is 1.62 bits per heavy atom. The summed E-state index contributed by atoms with van der Waals surface area (Å²) in [7, 11) is 0. The van der Waals surface area contributed by atoms with Crippen LogP contribution in [0.1, 0.15) is 0 Å². The molecule has 2 aromatic heterocycles. The van der Waals surface area contributed by atoms with Crippen molar-refractivity contribution < 1.29 is 26.5 Å². The molecule has 80 valence electrons. The average molecular weight is 276 g/mol. The first-order valence-corrected chi connectivity index (χ1v) is 4.86. The summed E-state index contributed by atoms with van der Waals surface area (Å²) in [6.45, 7) is 0. The lowest BCUT2D eigenvalue weighted by Crippen LogP contribution is -3.00. The van der Waals surface area contributed by atoms with Crippen LogP contribution in [0.25, 0.3) is 16.3 Å². The maximum atomic E-state index is 9.38. The first-order chi connectivity index (χ1) is 7.33. The van der Waals surface area contributed by atoms with Crippen LogP contribution in [-0.2, 0) is 0 Å². The van der Waals surface area contributed by atoms with Crippen molar-refractivity contribution in [2.24, 2.45) is 0 Å². The SMILES string of the molecule is Oc1ccc2cc3ccccc3c[n+]2c1.[Br-]. The number of aromatic nitrogens is 1. The molecule has 0 fully saturated rings. The summed E-state index contributed by atoms with van der Waals surface area (Å²) in [6, 6.07) is 13.9. The van der Waals surface area contributed by atoms with Crippen LogP contribution in [-0.4, -0.2) is 5.11 Å². The summed E-state index contributed by atoms with van der Waals surface area (Å²) in [5, 5.41) is 11.8. The lowest BCUT2D eigenvalue weighted by Gasteiger charge is -1.96. The molecule has 1 N–H and O–H groups in total. The first kappa shape index (κ1) is 10.9. The molecule has 0 unspecified atom stereocenters. The first-order valence-electron chi connectivity index (χ1n) is 4.86. The number of hydrogen-bond donors (Lipinski definition) is 1. The van der Waals surface area contributed by atoms with Gasteiger partial charge in [-0.05, 0) is 17.5 Å². The molecule has 3 aromatic rings. The fourth-order valence-electron chi connectivity index (χ4n) is 1.82. The maximum absolute atomic E-state index is 9.38. The van der Waals surface area contributed by atoms with Gasteiger partial charge in [0.15, 0.2) is 11.9 Å². The van der Waals surface area contributed by atoms with Gasteiger partial charge in [-0.25, -0.2) is 0 Å². The molecule has 0 aliphatic rings. The van der Waals surface area contributed by atoms with E-state index in [0.717, 1.165) is 5.52 Å². The summed E-state index contributed by atoms with van der Waals surface area (Å²) in [5.41, 5.74) is 1.08. The van der Waals surface area contributed by atoms with Crippen LogP contribution in [0.15, 0.2) is 54.9 Å². The van der Waals surface area contributed by atoms with E-state index in [1.54, 1.807) is 12.3 Å². The van der Waals surface area contributed by atoms with Crippen molar-refractivity contribution in [1.82, 2.24) is 0 Å². The maximum Gasteiger partial charge on any atom is 0.216 e. The number of halogens is 1. The molecule has 0 aliphatic heterocycles. The Balaban J connectivity index is 0.000000963. The lowest BCUT2D eigenvalue weighted by atomic mass is 10.1. The van der Waals surface area contributed by atoms with E-state index in [2.05, 4.69) is 18.2 Å². The Kier molecular flexibility index (Phi) is 2.79. The van der Waals surface area contributed by atoms with Gasteiger partial charge in [0.05, 0.1) is 0 Å². The monoisotopic (exact) mass is 275 g/mol. The minimum absolute atomic E-state index is 0. The van der Waals surface area contributed by atoms with Crippen molar-refractivity contribution in [3.05, 3.63) is 54.9 Å². The highest BCUT2D eigenvalue weighted by Crippen LogP contribution is 2.14. The molecule has 0 aliphatic carbocycles. The molecule has 0 amide bonds. The van der Waals surface area contributed by atoms with Crippen LogP contribution >= 0.6 is 0 Å². The van der Waals surface area contributed by atoms with Gasteiger partial charge in [-0.2, -0.15) is 4.40 Å². The molecule has 0 radical (unpaired) electrons. The van der Waals surface area contributed by atoms with E-state index in [1.165, 1.54) is 10.8 Å². The van der Waals surface area contributed by atoms with Crippen LogP contribution in [0.3, 0.4) is 0 Å². The number of benzene rings is 1. The predicted molar refractivity (Wildman–Crippen MR) is 58.8 cm³/mol. The van der Waals surface area contributed by atoms with Gasteiger partial charge in [0, 0.05) is 17.5 Å². The molecule has 2 heterocycles. The van der Waals surface area contributed by atoms with Crippen molar-refractivity contribution in [2.75, 3.05) is 0 Å². The minimum Gasteiger partial charge on any atom is -1.00 e. The normalized spacial score (nSPS) is 10.2. The van der Waals surface area contributed by atoms with Gasteiger partial charge >= 0.3 is 0 Å². The van der Waals surface area contributed by atoms with Crippen molar-refractivity contribution in [2.45, 2.75) is 0 Å². The highest BCUT2D eigenvalue weighted by molar-refractivity contribution is 5.83. The molecule has 0 atom stereocenters. The molecular formula is C13H10BrNO. The van der Waals surface area contributed by atoms with Crippen molar-refractivity contribution in [1.29, 1.82) is 0 Å². The van der Waals surface area contributed by atoms with E-state index in [4.69, 9.17) is 0 Å². The minimum atomic E-state index is 0. The molecule has 1 aromatic carbocycles. The van der Waals surface area contributed by atoms with Gasteiger partial charge < -0.3 is 22.1 Å². The van der Waals surface area contributed by atoms with Crippen LogP contribution in [0, 0.1) is 0 Å². The molecule has 16 heavy (non-hydrogen) atoms. The zero-order valence-electron chi connectivity index (χ0n) is 8.47. The van der Waals surface area contributed by atoms with Crippen LogP contribution < -0.4 is 21.4 Å². The van der Waals surface area contributed by atoms with Crippen molar-refractivity contribution >= 4 is 16.3 Å². The summed E-state index contributed by atoms with van der Waals surface area (Å²) in [5.74, 6) is 0.280. The summed E-state index contributed by atoms with van der Waals surface area (Å²) < 4.78 is 1.93. The molecule has 3 rings (SSSR count). The topological polar surface area (TPSA) is 24.3 Å². The van der Waals surface area contributed by atoms with Crippen molar-refractivity contribution in [3.63, 3.8) is 0 Å². The zero-order valence-corrected chi connectivity index (χ0v) is 10.1. The third-order valence-electron chi connectivity index (χ3n) is 2.57. The highest BCUT2D eigenvalue weighted by atomic mass is 79.9. The van der Waals surface area contributed by atoms with E-state index < -0.39 is 0 Å². The number of hydrogen-bond acceptors (Lipinski definition) is 1. The van der Waals surface area contributed by atoms with E-state index >= 15 is 0 Å². The largest absolute Gasteiger partial charge is 1.00 e. The van der Waals surface area contributed by atoms with Gasteiger partial charge in [-0.1, -0.05) is 18.2 Å². The Bertz CT molecular complexity index is 652. The predicted octanol–water partition coefficient (Wildman–Crippen LogP) is -0.712. The van der Waals surface area contributed by atoms with Crippen LogP contribution in [0.5, 0.6) is 5.75 Å². The van der Waals surface area contributed by atoms with Crippen LogP contribution in [0.2, 0.25) is 0 Å². The Hall–Kier alpha value is -1.61. The molecule has 3 heteroatoms. The number of nitrogens with zero attached hydrogens (tertiary/aromatic N) is 1. The van der Waals surface area contributed by atoms with Gasteiger partial charge in [0.25, 0.3) is 0 Å². The standard InChI is InChI=1S/C13H9NO.BrH/c15-13-6-5-12-7-10-3-1-2-4-11(10)8-14(12)9-13;/h1-9H;1H. The average Bonchev–Trinajstić information content (AvgIpc) is 2.26. The molecule has 0 spiro atoms. The third kappa shape index (κ3) is 1.74. The molecule has 0 saturated heterocycles. The Morgan fingerprint density at radius 1 is 0.875 bits per heavy atom. The van der Waals surface area contributed by atoms with Gasteiger partial charge in [-0.15, -0.1) is 0 Å². The lowest BCUT2D eigenvalue weighted by molar-refractivity contribution is -0.510. The van der Waals surface area contributed by atoms with E-state index in [1.807, 2.05) is 28.8 Å². The number of fused-ring (bicyclic) bond motifs is 2. The quantitative estimate of drug-likeness (QED) is 0.426. The van der Waals surface area contributed by atoms with E-state index in [0.29, 0.717) is 0 Å². The molecule has 0 bridgehead atoms. The van der Waals surface area contributed by atoms with Gasteiger partial charge in [-0.3, -0.25) is 0 Å². The fraction of sp³-hybridized carbons (Fsp3) is 0. The van der Waals surface area contributed by atoms with E-state index in [9.17, 15) is 5.11 Å². The summed E-state index contributed by atoms with van der Waals surface area (Å²) in [6.07, 6.45) is 3.73. The zero-order chi connectivity index (χ0) is 10.3. The van der Waals surface area contributed by atoms with Crippen LogP contribution in [0.4, 0.5) is 0 Å². The second-order valence-electron chi connectivity index (χ2n) is 3.62. The van der Waals surface area contributed by atoms with Crippen molar-refractivity contribution in [3.8, 4) is 5.75 Å². The molecule has 0 saturated carbocycles. The van der Waals surface area contributed by atoms with Gasteiger partial charge in [0.1, 0.15) is 0 Å². The summed E-state index contributed by atoms with van der Waals surface area (Å²) >= 11 is 0. The number of pyridine rings is 2. The van der Waals surface area contributed by atoms with Gasteiger partial charge in [0.2, 0.25) is 11.7 Å². The Labute approximate surface area is 104 Å². The Morgan fingerprint density at radius 3 is 2.44 bits per heavy atom. The second kappa shape index (κ2) is 4.10. The summed E-state index contributed by atoms with van der Waals surface area (Å²) in [4.78, 5) is 0. The highest BCUT2D eigenvalue weighted by Gasteiger charge is 2.05. The molecule has 2 nitrogen and oxygen atoms in total. The number of rotatable bonds is 0. The number of aromatic hydroxyl groups is 1. The second-order valence-corrected chi connectivity index (χ2v) is 3.62.